The highest BCUT2D eigenvalue weighted by molar-refractivity contribution is 5.99. The first-order chi connectivity index (χ1) is 10.0. The van der Waals surface area contributed by atoms with Crippen LogP contribution in [0.25, 0.3) is 21.9 Å². The van der Waals surface area contributed by atoms with Crippen molar-refractivity contribution in [3.63, 3.8) is 0 Å². The minimum atomic E-state index is -0.333. The highest BCUT2D eigenvalue weighted by Gasteiger charge is 2.17. The summed E-state index contributed by atoms with van der Waals surface area (Å²) in [5.74, 6) is 0.844. The van der Waals surface area contributed by atoms with Crippen LogP contribution in [0.1, 0.15) is 29.4 Å². The largest absolute Gasteiger partial charge is 0.461 e. The normalized spacial score (nSPS) is 11.6. The standard InChI is InChI=1S/C17H18O4/c1-5-19-8-14-11(4)20-17-10(3)16-12(7-13(14)17)9(2)6-15(18)21-16/h6-7H,5,8H2,1-4H3. The van der Waals surface area contributed by atoms with Crippen LogP contribution in [0.5, 0.6) is 0 Å². The van der Waals surface area contributed by atoms with Gasteiger partial charge in [0.1, 0.15) is 16.9 Å². The summed E-state index contributed by atoms with van der Waals surface area (Å²) in [5.41, 5.74) is 3.86. The van der Waals surface area contributed by atoms with E-state index in [0.29, 0.717) is 18.8 Å². The number of rotatable bonds is 3. The summed E-state index contributed by atoms with van der Waals surface area (Å²) in [4.78, 5) is 11.6. The Morgan fingerprint density at radius 2 is 1.76 bits per heavy atom. The van der Waals surface area contributed by atoms with E-state index < -0.39 is 0 Å². The lowest BCUT2D eigenvalue weighted by Gasteiger charge is -2.05. The second-order valence-electron chi connectivity index (χ2n) is 5.28. The number of aryl methyl sites for hydroxylation is 3. The molecule has 0 aliphatic rings. The van der Waals surface area contributed by atoms with E-state index >= 15 is 0 Å². The smallest absolute Gasteiger partial charge is 0.336 e. The lowest BCUT2D eigenvalue weighted by atomic mass is 10.0. The molecule has 3 rings (SSSR count). The van der Waals surface area contributed by atoms with Crippen molar-refractivity contribution in [2.45, 2.75) is 34.3 Å². The van der Waals surface area contributed by atoms with Crippen molar-refractivity contribution in [3.05, 3.63) is 45.0 Å². The van der Waals surface area contributed by atoms with Gasteiger partial charge in [-0.15, -0.1) is 0 Å². The van der Waals surface area contributed by atoms with Crippen LogP contribution < -0.4 is 5.63 Å². The summed E-state index contributed by atoms with van der Waals surface area (Å²) in [5, 5.41) is 1.97. The van der Waals surface area contributed by atoms with Crippen molar-refractivity contribution < 1.29 is 13.6 Å². The van der Waals surface area contributed by atoms with E-state index in [9.17, 15) is 4.79 Å². The Labute approximate surface area is 122 Å². The molecule has 4 heteroatoms. The minimum Gasteiger partial charge on any atom is -0.461 e. The molecule has 0 bridgehead atoms. The van der Waals surface area contributed by atoms with Crippen molar-refractivity contribution in [2.75, 3.05) is 6.61 Å². The van der Waals surface area contributed by atoms with Gasteiger partial charge in [-0.2, -0.15) is 0 Å². The summed E-state index contributed by atoms with van der Waals surface area (Å²) in [6.45, 7) is 8.92. The molecule has 0 spiro atoms. The number of fused-ring (bicyclic) bond motifs is 2. The zero-order valence-electron chi connectivity index (χ0n) is 12.7. The Bertz CT molecular complexity index is 883. The molecule has 0 radical (unpaired) electrons. The molecule has 0 atom stereocenters. The van der Waals surface area contributed by atoms with Crippen LogP contribution in [0, 0.1) is 20.8 Å². The van der Waals surface area contributed by atoms with Crippen LogP contribution in [0.2, 0.25) is 0 Å². The highest BCUT2D eigenvalue weighted by Crippen LogP contribution is 2.34. The zero-order valence-corrected chi connectivity index (χ0v) is 12.7. The van der Waals surface area contributed by atoms with Crippen molar-refractivity contribution in [1.29, 1.82) is 0 Å². The van der Waals surface area contributed by atoms with Gasteiger partial charge in [-0.05, 0) is 39.3 Å². The van der Waals surface area contributed by atoms with E-state index in [4.69, 9.17) is 13.6 Å². The average Bonchev–Trinajstić information content (AvgIpc) is 2.75. The number of ether oxygens (including phenoxy) is 1. The lowest BCUT2D eigenvalue weighted by Crippen LogP contribution is -1.99. The third-order valence-corrected chi connectivity index (χ3v) is 3.88. The molecule has 0 fully saturated rings. The molecule has 0 unspecified atom stereocenters. The maximum Gasteiger partial charge on any atom is 0.336 e. The number of hydrogen-bond donors (Lipinski definition) is 0. The number of hydrogen-bond acceptors (Lipinski definition) is 4. The fourth-order valence-corrected chi connectivity index (χ4v) is 2.74. The third kappa shape index (κ3) is 2.16. The van der Waals surface area contributed by atoms with Crippen molar-refractivity contribution in [1.82, 2.24) is 0 Å². The molecular weight excluding hydrogens is 268 g/mol. The zero-order chi connectivity index (χ0) is 15.1. The predicted octanol–water partition coefficient (Wildman–Crippen LogP) is 4.00. The molecule has 4 nitrogen and oxygen atoms in total. The van der Waals surface area contributed by atoms with Crippen molar-refractivity contribution in [2.24, 2.45) is 0 Å². The number of benzene rings is 1. The van der Waals surface area contributed by atoms with Gasteiger partial charge in [-0.3, -0.25) is 0 Å². The Hall–Kier alpha value is -2.07. The average molecular weight is 286 g/mol. The van der Waals surface area contributed by atoms with Gasteiger partial charge in [0, 0.05) is 34.6 Å². The van der Waals surface area contributed by atoms with E-state index in [-0.39, 0.29) is 5.63 Å². The summed E-state index contributed by atoms with van der Waals surface area (Å²) < 4.78 is 16.8. The molecule has 2 heterocycles. The number of furan rings is 1. The van der Waals surface area contributed by atoms with Gasteiger partial charge in [0.15, 0.2) is 0 Å². The van der Waals surface area contributed by atoms with Gasteiger partial charge < -0.3 is 13.6 Å². The highest BCUT2D eigenvalue weighted by atomic mass is 16.5. The second kappa shape index (κ2) is 5.04. The lowest BCUT2D eigenvalue weighted by molar-refractivity contribution is 0.134. The molecule has 0 aliphatic carbocycles. The monoisotopic (exact) mass is 286 g/mol. The SMILES string of the molecule is CCOCc1c(C)oc2c(C)c3oc(=O)cc(C)c3cc12. The van der Waals surface area contributed by atoms with Crippen LogP contribution in [-0.4, -0.2) is 6.61 Å². The molecular formula is C17H18O4. The van der Waals surface area contributed by atoms with Gasteiger partial charge in [0.25, 0.3) is 0 Å². The van der Waals surface area contributed by atoms with Crippen molar-refractivity contribution in [3.8, 4) is 0 Å². The van der Waals surface area contributed by atoms with Crippen LogP contribution in [-0.2, 0) is 11.3 Å². The Balaban J connectivity index is 2.40. The molecule has 0 N–H and O–H groups in total. The first-order valence-electron chi connectivity index (χ1n) is 7.06. The van der Waals surface area contributed by atoms with E-state index in [1.807, 2.05) is 33.8 Å². The van der Waals surface area contributed by atoms with E-state index in [1.54, 1.807) is 0 Å². The maximum absolute atomic E-state index is 11.6. The molecule has 0 amide bonds. The van der Waals surface area contributed by atoms with Gasteiger partial charge >= 0.3 is 5.63 Å². The molecule has 0 saturated carbocycles. The van der Waals surface area contributed by atoms with Gasteiger partial charge in [-0.1, -0.05) is 0 Å². The predicted molar refractivity (Wildman–Crippen MR) is 81.8 cm³/mol. The third-order valence-electron chi connectivity index (χ3n) is 3.88. The fraction of sp³-hybridized carbons (Fsp3) is 0.353. The molecule has 1 aromatic carbocycles. The van der Waals surface area contributed by atoms with Crippen LogP contribution in [0.4, 0.5) is 0 Å². The molecule has 3 aromatic rings. The van der Waals surface area contributed by atoms with E-state index in [2.05, 4.69) is 0 Å². The Kier molecular flexibility index (Phi) is 3.33. The van der Waals surface area contributed by atoms with E-state index in [0.717, 1.165) is 38.8 Å². The molecule has 0 aliphatic heterocycles. The fourth-order valence-electron chi connectivity index (χ4n) is 2.74. The van der Waals surface area contributed by atoms with Crippen LogP contribution in [0.15, 0.2) is 25.8 Å². The second-order valence-corrected chi connectivity index (χ2v) is 5.28. The van der Waals surface area contributed by atoms with Gasteiger partial charge in [0.05, 0.1) is 6.61 Å². The topological polar surface area (TPSA) is 52.6 Å². The van der Waals surface area contributed by atoms with Gasteiger partial charge in [0.2, 0.25) is 0 Å². The van der Waals surface area contributed by atoms with Crippen LogP contribution in [0.3, 0.4) is 0 Å². The van der Waals surface area contributed by atoms with Crippen LogP contribution >= 0.6 is 0 Å². The molecule has 110 valence electrons. The molecule has 2 aromatic heterocycles. The van der Waals surface area contributed by atoms with Gasteiger partial charge in [-0.25, -0.2) is 4.79 Å². The van der Waals surface area contributed by atoms with E-state index in [1.165, 1.54) is 6.07 Å². The first-order valence-corrected chi connectivity index (χ1v) is 7.06. The Morgan fingerprint density at radius 3 is 2.48 bits per heavy atom. The minimum absolute atomic E-state index is 0.333. The Morgan fingerprint density at radius 1 is 1.05 bits per heavy atom. The summed E-state index contributed by atoms with van der Waals surface area (Å²) in [6, 6.07) is 3.55. The molecule has 21 heavy (non-hydrogen) atoms. The maximum atomic E-state index is 11.6. The first kappa shape index (κ1) is 13.9. The summed E-state index contributed by atoms with van der Waals surface area (Å²) in [7, 11) is 0. The summed E-state index contributed by atoms with van der Waals surface area (Å²) in [6.07, 6.45) is 0. The summed E-state index contributed by atoms with van der Waals surface area (Å²) >= 11 is 0. The quantitative estimate of drug-likeness (QED) is 0.683. The van der Waals surface area contributed by atoms with Crippen molar-refractivity contribution >= 4 is 21.9 Å². The molecule has 0 saturated heterocycles.